The van der Waals surface area contributed by atoms with Crippen molar-refractivity contribution in [1.82, 2.24) is 5.32 Å². The Hall–Kier alpha value is -0.120. The molecular weight excluding hydrogens is 214 g/mol. The van der Waals surface area contributed by atoms with Crippen molar-refractivity contribution in [2.45, 2.75) is 51.0 Å². The highest BCUT2D eigenvalue weighted by atomic mass is 16.5. The van der Waals surface area contributed by atoms with Gasteiger partial charge in [0.05, 0.1) is 12.2 Å². The molecular formula is C14H27NO2. The Labute approximate surface area is 105 Å². The fraction of sp³-hybridized carbons (Fsp3) is 1.00. The highest BCUT2D eigenvalue weighted by molar-refractivity contribution is 4.87. The zero-order valence-electron chi connectivity index (χ0n) is 11.1. The van der Waals surface area contributed by atoms with Crippen molar-refractivity contribution >= 4 is 0 Å². The monoisotopic (exact) mass is 241 g/mol. The fourth-order valence-electron chi connectivity index (χ4n) is 3.05. The molecule has 2 fully saturated rings. The smallest absolute Gasteiger partial charge is 0.0771 e. The van der Waals surface area contributed by atoms with E-state index in [2.05, 4.69) is 12.2 Å². The van der Waals surface area contributed by atoms with E-state index in [0.29, 0.717) is 5.92 Å². The molecule has 0 amide bonds. The minimum absolute atomic E-state index is 0.439. The molecule has 1 heterocycles. The first kappa shape index (κ1) is 13.3. The van der Waals surface area contributed by atoms with Crippen LogP contribution >= 0.6 is 0 Å². The molecule has 3 nitrogen and oxygen atoms in total. The number of rotatable bonds is 5. The maximum atomic E-state index is 10.5. The van der Waals surface area contributed by atoms with E-state index in [1.54, 1.807) is 0 Å². The molecule has 17 heavy (non-hydrogen) atoms. The Morgan fingerprint density at radius 1 is 1.24 bits per heavy atom. The fourth-order valence-corrected chi connectivity index (χ4v) is 3.05. The van der Waals surface area contributed by atoms with Crippen LogP contribution in [0.4, 0.5) is 0 Å². The summed E-state index contributed by atoms with van der Waals surface area (Å²) in [4.78, 5) is 0. The molecule has 2 aliphatic rings. The van der Waals surface area contributed by atoms with Crippen molar-refractivity contribution in [2.75, 3.05) is 26.3 Å². The summed E-state index contributed by atoms with van der Waals surface area (Å²) in [6, 6.07) is 0. The quantitative estimate of drug-likeness (QED) is 0.773. The highest BCUT2D eigenvalue weighted by Gasteiger charge is 2.32. The Morgan fingerprint density at radius 3 is 2.59 bits per heavy atom. The van der Waals surface area contributed by atoms with Crippen LogP contribution in [0.15, 0.2) is 0 Å². The van der Waals surface area contributed by atoms with E-state index in [0.717, 1.165) is 45.1 Å². The summed E-state index contributed by atoms with van der Waals surface area (Å²) in [7, 11) is 0. The summed E-state index contributed by atoms with van der Waals surface area (Å²) in [5, 5.41) is 13.9. The zero-order chi connectivity index (χ0) is 12.1. The normalized spacial score (nSPS) is 38.5. The molecule has 0 aromatic rings. The largest absolute Gasteiger partial charge is 0.389 e. The van der Waals surface area contributed by atoms with Gasteiger partial charge in [0, 0.05) is 19.7 Å². The SMILES string of the molecule is CCC1CCC(O)(CNCC2CCOC2)CC1. The Bertz CT molecular complexity index is 218. The second-order valence-electron chi connectivity index (χ2n) is 5.94. The van der Waals surface area contributed by atoms with Gasteiger partial charge in [0.15, 0.2) is 0 Å². The molecule has 0 aromatic carbocycles. The second kappa shape index (κ2) is 6.17. The van der Waals surface area contributed by atoms with E-state index in [4.69, 9.17) is 4.74 Å². The first-order valence-electron chi connectivity index (χ1n) is 7.23. The van der Waals surface area contributed by atoms with Crippen LogP contribution in [0.5, 0.6) is 0 Å². The van der Waals surface area contributed by atoms with E-state index in [1.165, 1.54) is 25.7 Å². The number of aliphatic hydroxyl groups is 1. The number of hydrogen-bond acceptors (Lipinski definition) is 3. The van der Waals surface area contributed by atoms with Crippen LogP contribution in [0.1, 0.15) is 45.4 Å². The van der Waals surface area contributed by atoms with E-state index < -0.39 is 5.60 Å². The summed E-state index contributed by atoms with van der Waals surface area (Å²) in [6.45, 7) is 5.82. The third-order valence-corrected chi connectivity index (χ3v) is 4.52. The molecule has 1 unspecified atom stereocenters. The van der Waals surface area contributed by atoms with E-state index in [-0.39, 0.29) is 0 Å². The second-order valence-corrected chi connectivity index (χ2v) is 5.94. The molecule has 1 aliphatic carbocycles. The van der Waals surface area contributed by atoms with Crippen molar-refractivity contribution < 1.29 is 9.84 Å². The molecule has 1 saturated carbocycles. The molecule has 0 bridgehead atoms. The first-order valence-corrected chi connectivity index (χ1v) is 7.23. The average Bonchev–Trinajstić information content (AvgIpc) is 2.83. The molecule has 1 aliphatic heterocycles. The van der Waals surface area contributed by atoms with Crippen LogP contribution in [0, 0.1) is 11.8 Å². The third-order valence-electron chi connectivity index (χ3n) is 4.52. The van der Waals surface area contributed by atoms with Gasteiger partial charge in [-0.2, -0.15) is 0 Å². The average molecular weight is 241 g/mol. The van der Waals surface area contributed by atoms with Gasteiger partial charge in [-0.15, -0.1) is 0 Å². The summed E-state index contributed by atoms with van der Waals surface area (Å²) in [5.41, 5.74) is -0.439. The minimum Gasteiger partial charge on any atom is -0.389 e. The molecule has 0 radical (unpaired) electrons. The Morgan fingerprint density at radius 2 is 2.00 bits per heavy atom. The van der Waals surface area contributed by atoms with Gasteiger partial charge in [-0.25, -0.2) is 0 Å². The first-order chi connectivity index (χ1) is 8.22. The van der Waals surface area contributed by atoms with Gasteiger partial charge in [0.1, 0.15) is 0 Å². The molecule has 0 spiro atoms. The standard InChI is InChI=1S/C14H27NO2/c1-2-12-3-6-14(16,7-4-12)11-15-9-13-5-8-17-10-13/h12-13,15-16H,2-11H2,1H3. The number of hydrogen-bond donors (Lipinski definition) is 2. The lowest BCUT2D eigenvalue weighted by atomic mass is 9.78. The van der Waals surface area contributed by atoms with Gasteiger partial charge in [-0.05, 0) is 43.9 Å². The maximum absolute atomic E-state index is 10.5. The maximum Gasteiger partial charge on any atom is 0.0771 e. The topological polar surface area (TPSA) is 41.5 Å². The van der Waals surface area contributed by atoms with Crippen LogP contribution < -0.4 is 5.32 Å². The van der Waals surface area contributed by atoms with Crippen molar-refractivity contribution in [3.63, 3.8) is 0 Å². The van der Waals surface area contributed by atoms with Gasteiger partial charge in [-0.1, -0.05) is 13.3 Å². The van der Waals surface area contributed by atoms with Gasteiger partial charge < -0.3 is 15.2 Å². The molecule has 100 valence electrons. The summed E-state index contributed by atoms with van der Waals surface area (Å²) < 4.78 is 5.35. The summed E-state index contributed by atoms with van der Waals surface area (Å²) in [5.74, 6) is 1.50. The molecule has 1 saturated heterocycles. The molecule has 0 aromatic heterocycles. The van der Waals surface area contributed by atoms with E-state index >= 15 is 0 Å². The van der Waals surface area contributed by atoms with Gasteiger partial charge >= 0.3 is 0 Å². The highest BCUT2D eigenvalue weighted by Crippen LogP contribution is 2.33. The lowest BCUT2D eigenvalue weighted by Gasteiger charge is -2.36. The lowest BCUT2D eigenvalue weighted by molar-refractivity contribution is -0.00915. The molecule has 2 rings (SSSR count). The molecule has 3 heteroatoms. The Kier molecular flexibility index (Phi) is 4.83. The van der Waals surface area contributed by atoms with Crippen LogP contribution in [-0.2, 0) is 4.74 Å². The molecule has 1 atom stereocenters. The number of nitrogens with one attached hydrogen (secondary N) is 1. The van der Waals surface area contributed by atoms with E-state index in [1.807, 2.05) is 0 Å². The lowest BCUT2D eigenvalue weighted by Crippen LogP contribution is -2.44. The van der Waals surface area contributed by atoms with Crippen LogP contribution in [0.3, 0.4) is 0 Å². The number of ether oxygens (including phenoxy) is 1. The predicted molar refractivity (Wildman–Crippen MR) is 69.0 cm³/mol. The van der Waals surface area contributed by atoms with Crippen molar-refractivity contribution in [3.05, 3.63) is 0 Å². The molecule has 2 N–H and O–H groups in total. The summed E-state index contributed by atoms with van der Waals surface area (Å²) in [6.07, 6.45) is 6.77. The zero-order valence-corrected chi connectivity index (χ0v) is 11.1. The van der Waals surface area contributed by atoms with Crippen LogP contribution in [0.25, 0.3) is 0 Å². The van der Waals surface area contributed by atoms with Crippen molar-refractivity contribution in [3.8, 4) is 0 Å². The van der Waals surface area contributed by atoms with Gasteiger partial charge in [0.2, 0.25) is 0 Å². The van der Waals surface area contributed by atoms with Gasteiger partial charge in [0.25, 0.3) is 0 Å². The Balaban J connectivity index is 1.64. The third kappa shape index (κ3) is 3.94. The predicted octanol–water partition coefficient (Wildman–Crippen LogP) is 1.94. The van der Waals surface area contributed by atoms with Crippen LogP contribution in [0.2, 0.25) is 0 Å². The van der Waals surface area contributed by atoms with Crippen molar-refractivity contribution in [1.29, 1.82) is 0 Å². The summed E-state index contributed by atoms with van der Waals surface area (Å²) >= 11 is 0. The van der Waals surface area contributed by atoms with Crippen LogP contribution in [-0.4, -0.2) is 37.0 Å². The van der Waals surface area contributed by atoms with Gasteiger partial charge in [-0.3, -0.25) is 0 Å². The minimum atomic E-state index is -0.439. The van der Waals surface area contributed by atoms with E-state index in [9.17, 15) is 5.11 Å². The van der Waals surface area contributed by atoms with Crippen molar-refractivity contribution in [2.24, 2.45) is 11.8 Å².